The topological polar surface area (TPSA) is 90.0 Å². The SMILES string of the molecule is CCn1cc(S(=O)(=O)NCCc2ccccn2)cc1CN. The van der Waals surface area contributed by atoms with Crippen LogP contribution in [0.4, 0.5) is 0 Å². The second kappa shape index (κ2) is 6.84. The van der Waals surface area contributed by atoms with Crippen LogP contribution < -0.4 is 10.5 Å². The second-order valence-electron chi connectivity index (χ2n) is 4.63. The van der Waals surface area contributed by atoms with E-state index in [2.05, 4.69) is 9.71 Å². The molecule has 2 aromatic heterocycles. The van der Waals surface area contributed by atoms with Crippen molar-refractivity contribution < 1.29 is 8.42 Å². The van der Waals surface area contributed by atoms with Crippen molar-refractivity contribution in [2.45, 2.75) is 31.3 Å². The van der Waals surface area contributed by atoms with Gasteiger partial charge in [0.15, 0.2) is 0 Å². The zero-order valence-corrected chi connectivity index (χ0v) is 12.8. The summed E-state index contributed by atoms with van der Waals surface area (Å²) in [6.07, 6.45) is 3.86. The smallest absolute Gasteiger partial charge is 0.242 e. The number of pyridine rings is 1. The minimum absolute atomic E-state index is 0.255. The van der Waals surface area contributed by atoms with Crippen LogP contribution >= 0.6 is 0 Å². The quantitative estimate of drug-likeness (QED) is 0.794. The van der Waals surface area contributed by atoms with Crippen molar-refractivity contribution in [1.29, 1.82) is 0 Å². The summed E-state index contributed by atoms with van der Waals surface area (Å²) in [5.74, 6) is 0. The lowest BCUT2D eigenvalue weighted by atomic mass is 10.3. The summed E-state index contributed by atoms with van der Waals surface area (Å²) in [4.78, 5) is 4.42. The maximum absolute atomic E-state index is 12.2. The molecule has 21 heavy (non-hydrogen) atoms. The molecule has 0 bridgehead atoms. The van der Waals surface area contributed by atoms with Gasteiger partial charge >= 0.3 is 0 Å². The lowest BCUT2D eigenvalue weighted by Gasteiger charge is -2.04. The molecule has 2 aromatic rings. The minimum Gasteiger partial charge on any atom is -0.349 e. The van der Waals surface area contributed by atoms with Gasteiger partial charge in [0.2, 0.25) is 10.0 Å². The predicted molar refractivity (Wildman–Crippen MR) is 81.1 cm³/mol. The Bertz CT molecular complexity index is 659. The van der Waals surface area contributed by atoms with E-state index in [0.717, 1.165) is 11.4 Å². The zero-order chi connectivity index (χ0) is 15.3. The van der Waals surface area contributed by atoms with Crippen molar-refractivity contribution in [3.63, 3.8) is 0 Å². The number of rotatable bonds is 7. The number of nitrogens with two attached hydrogens (primary N) is 1. The number of nitrogens with one attached hydrogen (secondary N) is 1. The Balaban J connectivity index is 2.03. The van der Waals surface area contributed by atoms with E-state index in [1.165, 1.54) is 0 Å². The molecule has 3 N–H and O–H groups in total. The van der Waals surface area contributed by atoms with E-state index in [1.54, 1.807) is 18.5 Å². The van der Waals surface area contributed by atoms with Crippen molar-refractivity contribution >= 4 is 10.0 Å². The Morgan fingerprint density at radius 2 is 2.19 bits per heavy atom. The van der Waals surface area contributed by atoms with Gasteiger partial charge in [0.25, 0.3) is 0 Å². The first-order chi connectivity index (χ1) is 10.1. The summed E-state index contributed by atoms with van der Waals surface area (Å²) < 4.78 is 28.9. The molecular formula is C14H20N4O2S. The number of hydrogen-bond acceptors (Lipinski definition) is 4. The Hall–Kier alpha value is -1.70. The van der Waals surface area contributed by atoms with Crippen LogP contribution in [0.15, 0.2) is 41.6 Å². The van der Waals surface area contributed by atoms with Crippen molar-refractivity contribution in [3.8, 4) is 0 Å². The van der Waals surface area contributed by atoms with E-state index < -0.39 is 10.0 Å². The highest BCUT2D eigenvalue weighted by molar-refractivity contribution is 7.89. The van der Waals surface area contributed by atoms with Crippen LogP contribution in [0.3, 0.4) is 0 Å². The summed E-state index contributed by atoms with van der Waals surface area (Å²) in [6.45, 7) is 3.27. The molecule has 0 aliphatic carbocycles. The third kappa shape index (κ3) is 3.90. The number of hydrogen-bond donors (Lipinski definition) is 2. The van der Waals surface area contributed by atoms with Gasteiger partial charge in [-0.1, -0.05) is 6.07 Å². The van der Waals surface area contributed by atoms with Crippen LogP contribution in [0.5, 0.6) is 0 Å². The lowest BCUT2D eigenvalue weighted by Crippen LogP contribution is -2.25. The van der Waals surface area contributed by atoms with Crippen LogP contribution in [0.25, 0.3) is 0 Å². The van der Waals surface area contributed by atoms with E-state index in [-0.39, 0.29) is 4.90 Å². The summed E-state index contributed by atoms with van der Waals surface area (Å²) in [7, 11) is -3.51. The molecule has 0 atom stereocenters. The summed E-state index contributed by atoms with van der Waals surface area (Å²) in [5, 5.41) is 0. The monoisotopic (exact) mass is 308 g/mol. The maximum Gasteiger partial charge on any atom is 0.242 e. The molecule has 6 nitrogen and oxygen atoms in total. The highest BCUT2D eigenvalue weighted by Crippen LogP contribution is 2.14. The normalized spacial score (nSPS) is 11.7. The molecule has 7 heteroatoms. The molecule has 2 heterocycles. The van der Waals surface area contributed by atoms with E-state index in [0.29, 0.717) is 26.1 Å². The Morgan fingerprint density at radius 1 is 1.38 bits per heavy atom. The van der Waals surface area contributed by atoms with Crippen molar-refractivity contribution in [2.24, 2.45) is 5.73 Å². The van der Waals surface area contributed by atoms with Gasteiger partial charge in [-0.3, -0.25) is 4.98 Å². The molecule has 0 unspecified atom stereocenters. The fraction of sp³-hybridized carbons (Fsp3) is 0.357. The predicted octanol–water partition coefficient (Wildman–Crippen LogP) is 0.883. The first-order valence-corrected chi connectivity index (χ1v) is 8.34. The van der Waals surface area contributed by atoms with Gasteiger partial charge in [-0.05, 0) is 25.1 Å². The van der Waals surface area contributed by atoms with Gasteiger partial charge in [-0.25, -0.2) is 13.1 Å². The molecule has 114 valence electrons. The zero-order valence-electron chi connectivity index (χ0n) is 12.0. The molecule has 0 saturated heterocycles. The third-order valence-electron chi connectivity index (χ3n) is 3.22. The van der Waals surface area contributed by atoms with Crippen molar-refractivity contribution in [2.75, 3.05) is 6.54 Å². The van der Waals surface area contributed by atoms with E-state index in [1.807, 2.05) is 29.7 Å². The third-order valence-corrected chi connectivity index (χ3v) is 4.65. The molecule has 0 spiro atoms. The molecule has 0 aromatic carbocycles. The summed E-state index contributed by atoms with van der Waals surface area (Å²) in [5.41, 5.74) is 7.28. The summed E-state index contributed by atoms with van der Waals surface area (Å²) in [6, 6.07) is 7.20. The molecule has 0 aliphatic heterocycles. The Kier molecular flexibility index (Phi) is 5.11. The summed E-state index contributed by atoms with van der Waals surface area (Å²) >= 11 is 0. The van der Waals surface area contributed by atoms with Gasteiger partial charge < -0.3 is 10.3 Å². The number of sulfonamides is 1. The van der Waals surface area contributed by atoms with Crippen molar-refractivity contribution in [1.82, 2.24) is 14.3 Å². The second-order valence-corrected chi connectivity index (χ2v) is 6.39. The molecule has 0 amide bonds. The Morgan fingerprint density at radius 3 is 2.76 bits per heavy atom. The number of aromatic nitrogens is 2. The molecule has 0 saturated carbocycles. The number of aryl methyl sites for hydroxylation is 1. The van der Waals surface area contributed by atoms with Crippen LogP contribution in [-0.4, -0.2) is 24.5 Å². The van der Waals surface area contributed by atoms with E-state index in [9.17, 15) is 8.42 Å². The van der Waals surface area contributed by atoms with Gasteiger partial charge in [0.05, 0.1) is 4.90 Å². The van der Waals surface area contributed by atoms with Crippen molar-refractivity contribution in [3.05, 3.63) is 48.0 Å². The highest BCUT2D eigenvalue weighted by Gasteiger charge is 2.17. The fourth-order valence-electron chi connectivity index (χ4n) is 2.08. The van der Waals surface area contributed by atoms with Crippen LogP contribution in [0.1, 0.15) is 18.3 Å². The molecule has 0 radical (unpaired) electrons. The Labute approximate surface area is 125 Å². The van der Waals surface area contributed by atoms with E-state index >= 15 is 0 Å². The highest BCUT2D eigenvalue weighted by atomic mass is 32.2. The largest absolute Gasteiger partial charge is 0.349 e. The van der Waals surface area contributed by atoms with Gasteiger partial charge in [-0.2, -0.15) is 0 Å². The first-order valence-electron chi connectivity index (χ1n) is 6.85. The van der Waals surface area contributed by atoms with Crippen LogP contribution in [0.2, 0.25) is 0 Å². The minimum atomic E-state index is -3.51. The van der Waals surface area contributed by atoms with E-state index in [4.69, 9.17) is 5.73 Å². The molecule has 2 rings (SSSR count). The maximum atomic E-state index is 12.2. The van der Waals surface area contributed by atoms with Gasteiger partial charge in [-0.15, -0.1) is 0 Å². The standard InChI is InChI=1S/C14H20N4O2S/c1-2-18-11-14(9-13(18)10-15)21(19,20)17-8-6-12-5-3-4-7-16-12/h3-5,7,9,11,17H,2,6,8,10,15H2,1H3. The van der Waals surface area contributed by atoms with Gasteiger partial charge in [0, 0.05) is 49.8 Å². The lowest BCUT2D eigenvalue weighted by molar-refractivity contribution is 0.581. The molecule has 0 fully saturated rings. The average Bonchev–Trinajstić information content (AvgIpc) is 2.92. The number of nitrogens with zero attached hydrogens (tertiary/aromatic N) is 2. The molecular weight excluding hydrogens is 288 g/mol. The fourth-order valence-corrected chi connectivity index (χ4v) is 3.18. The van der Waals surface area contributed by atoms with Crippen LogP contribution in [0, 0.1) is 0 Å². The van der Waals surface area contributed by atoms with Crippen LogP contribution in [-0.2, 0) is 29.5 Å². The average molecular weight is 308 g/mol. The van der Waals surface area contributed by atoms with Gasteiger partial charge in [0.1, 0.15) is 0 Å². The first kappa shape index (κ1) is 15.7. The molecule has 0 aliphatic rings.